The third kappa shape index (κ3) is 5.42. The van der Waals surface area contributed by atoms with Crippen LogP contribution in [0.5, 0.6) is 0 Å². The maximum Gasteiger partial charge on any atom is 0.336 e. The zero-order chi connectivity index (χ0) is 21.0. The van der Waals surface area contributed by atoms with Gasteiger partial charge in [0, 0.05) is 6.04 Å². The molecule has 1 amide bonds. The summed E-state index contributed by atoms with van der Waals surface area (Å²) in [6.07, 6.45) is -1.48. The summed E-state index contributed by atoms with van der Waals surface area (Å²) in [4.78, 5) is 34.4. The molecule has 3 N–H and O–H groups in total. The van der Waals surface area contributed by atoms with Crippen molar-refractivity contribution in [3.05, 3.63) is 60.2 Å². The average molecular weight is 397 g/mol. The maximum absolute atomic E-state index is 12.3. The first-order valence-corrected chi connectivity index (χ1v) is 9.41. The molecule has 1 fully saturated rings. The second-order valence-corrected chi connectivity index (χ2v) is 7.26. The van der Waals surface area contributed by atoms with E-state index in [4.69, 9.17) is 9.84 Å². The Morgan fingerprint density at radius 2 is 1.59 bits per heavy atom. The highest BCUT2D eigenvalue weighted by Crippen LogP contribution is 2.24. The molecule has 1 heterocycles. The number of ether oxygens (including phenoxy) is 1. The monoisotopic (exact) mass is 397 g/mol. The van der Waals surface area contributed by atoms with Gasteiger partial charge in [0.25, 0.3) is 5.91 Å². The van der Waals surface area contributed by atoms with Gasteiger partial charge in [0.1, 0.15) is 0 Å². The number of epoxide rings is 1. The van der Waals surface area contributed by atoms with Gasteiger partial charge in [0.2, 0.25) is 0 Å². The lowest BCUT2D eigenvalue weighted by Crippen LogP contribution is -2.41. The first-order chi connectivity index (χ1) is 13.8. The third-order valence-electron chi connectivity index (χ3n) is 4.94. The zero-order valence-corrected chi connectivity index (χ0v) is 15.9. The number of benzene rings is 2. The molecule has 3 rings (SSSR count). The molecule has 1 aliphatic heterocycles. The first kappa shape index (κ1) is 20.5. The summed E-state index contributed by atoms with van der Waals surface area (Å²) >= 11 is 0. The van der Waals surface area contributed by atoms with Gasteiger partial charge in [-0.2, -0.15) is 0 Å². The molecular weight excluding hydrogens is 374 g/mol. The van der Waals surface area contributed by atoms with Crippen LogP contribution in [-0.4, -0.2) is 46.3 Å². The number of hydrogen-bond acceptors (Lipinski definition) is 4. The number of amides is 1. The highest BCUT2D eigenvalue weighted by Gasteiger charge is 2.51. The summed E-state index contributed by atoms with van der Waals surface area (Å²) in [5, 5.41) is 20.9. The minimum atomic E-state index is -1.18. The van der Waals surface area contributed by atoms with Crippen LogP contribution in [-0.2, 0) is 25.5 Å². The van der Waals surface area contributed by atoms with Crippen molar-refractivity contribution in [3.63, 3.8) is 0 Å². The summed E-state index contributed by atoms with van der Waals surface area (Å²) in [6.45, 7) is 1.58. The Hall–Kier alpha value is -3.19. The second-order valence-electron chi connectivity index (χ2n) is 7.26. The summed E-state index contributed by atoms with van der Waals surface area (Å²) in [5.41, 5.74) is 3.09. The van der Waals surface area contributed by atoms with E-state index < -0.39 is 42.0 Å². The fourth-order valence-corrected chi connectivity index (χ4v) is 3.25. The van der Waals surface area contributed by atoms with Crippen LogP contribution < -0.4 is 5.32 Å². The number of carboxylic acids is 2. The van der Waals surface area contributed by atoms with Gasteiger partial charge in [-0.15, -0.1) is 0 Å². The van der Waals surface area contributed by atoms with E-state index in [1.54, 1.807) is 6.92 Å². The summed E-state index contributed by atoms with van der Waals surface area (Å²) in [5.74, 6) is -3.31. The minimum Gasteiger partial charge on any atom is -0.481 e. The molecule has 2 aromatic carbocycles. The van der Waals surface area contributed by atoms with Crippen molar-refractivity contribution in [3.8, 4) is 11.1 Å². The van der Waals surface area contributed by atoms with E-state index in [2.05, 4.69) is 5.32 Å². The van der Waals surface area contributed by atoms with Crippen molar-refractivity contribution >= 4 is 17.8 Å². The Balaban J connectivity index is 1.68. The number of carboxylic acid groups (broad SMARTS) is 2. The highest BCUT2D eigenvalue weighted by molar-refractivity contribution is 5.92. The lowest BCUT2D eigenvalue weighted by molar-refractivity contribution is -0.142. The van der Waals surface area contributed by atoms with Gasteiger partial charge in [-0.25, -0.2) is 4.79 Å². The first-order valence-electron chi connectivity index (χ1n) is 9.41. The highest BCUT2D eigenvalue weighted by atomic mass is 16.6. The maximum atomic E-state index is 12.3. The van der Waals surface area contributed by atoms with Crippen LogP contribution in [0.25, 0.3) is 11.1 Å². The van der Waals surface area contributed by atoms with Crippen LogP contribution in [0.2, 0.25) is 0 Å². The molecule has 29 heavy (non-hydrogen) atoms. The van der Waals surface area contributed by atoms with E-state index in [9.17, 15) is 19.5 Å². The van der Waals surface area contributed by atoms with Gasteiger partial charge in [0.05, 0.1) is 5.92 Å². The topological polar surface area (TPSA) is 116 Å². The van der Waals surface area contributed by atoms with E-state index in [-0.39, 0.29) is 6.42 Å². The standard InChI is InChI=1S/C22H23NO6/c1-13(21(25)26)11-17(23-20(24)18-19(29-18)22(27)28)12-14-7-9-16(10-8-14)15-5-3-2-4-6-15/h2-10,13,17-19H,11-12H2,1H3,(H,23,24)(H,25,26)(H,27,28)/t13-,17+,18+,19-/m1/s1. The minimum absolute atomic E-state index is 0.228. The molecule has 0 spiro atoms. The lowest BCUT2D eigenvalue weighted by atomic mass is 9.94. The van der Waals surface area contributed by atoms with Crippen LogP contribution in [0.3, 0.4) is 0 Å². The fourth-order valence-electron chi connectivity index (χ4n) is 3.25. The van der Waals surface area contributed by atoms with Crippen LogP contribution in [0.15, 0.2) is 54.6 Å². The Labute approximate surface area is 168 Å². The molecule has 2 aromatic rings. The predicted octanol–water partition coefficient (Wildman–Crippen LogP) is 2.34. The SMILES string of the molecule is C[C@H](C[C@@H](Cc1ccc(-c2ccccc2)cc1)NC(=O)[C@H]1O[C@H]1C(=O)O)C(=O)O. The summed E-state index contributed by atoms with van der Waals surface area (Å²) in [6, 6.07) is 17.3. The van der Waals surface area contributed by atoms with Crippen LogP contribution in [0.4, 0.5) is 0 Å². The predicted molar refractivity (Wildman–Crippen MR) is 105 cm³/mol. The van der Waals surface area contributed by atoms with Gasteiger partial charge < -0.3 is 20.3 Å². The number of rotatable bonds is 9. The molecule has 152 valence electrons. The van der Waals surface area contributed by atoms with Crippen molar-refractivity contribution in [1.82, 2.24) is 5.32 Å². The van der Waals surface area contributed by atoms with Crippen molar-refractivity contribution in [1.29, 1.82) is 0 Å². The summed E-state index contributed by atoms with van der Waals surface area (Å²) in [7, 11) is 0. The number of carbonyl (C=O) groups is 3. The van der Waals surface area contributed by atoms with Gasteiger partial charge >= 0.3 is 11.9 Å². The van der Waals surface area contributed by atoms with E-state index in [1.807, 2.05) is 54.6 Å². The van der Waals surface area contributed by atoms with Crippen LogP contribution in [0.1, 0.15) is 18.9 Å². The Morgan fingerprint density at radius 3 is 2.14 bits per heavy atom. The molecular formula is C22H23NO6. The number of aliphatic carboxylic acids is 2. The molecule has 0 bridgehead atoms. The van der Waals surface area contributed by atoms with Crippen LogP contribution >= 0.6 is 0 Å². The molecule has 7 heteroatoms. The fraction of sp³-hybridized carbons (Fsp3) is 0.318. The Morgan fingerprint density at radius 1 is 0.966 bits per heavy atom. The van der Waals surface area contributed by atoms with E-state index in [0.29, 0.717) is 6.42 Å². The normalized spacial score (nSPS) is 19.8. The van der Waals surface area contributed by atoms with E-state index in [1.165, 1.54) is 0 Å². The molecule has 7 nitrogen and oxygen atoms in total. The second kappa shape index (κ2) is 8.87. The van der Waals surface area contributed by atoms with Gasteiger partial charge in [-0.05, 0) is 29.5 Å². The van der Waals surface area contributed by atoms with E-state index in [0.717, 1.165) is 16.7 Å². The molecule has 0 unspecified atom stereocenters. The van der Waals surface area contributed by atoms with Crippen molar-refractivity contribution in [2.75, 3.05) is 0 Å². The number of hydrogen-bond donors (Lipinski definition) is 3. The molecule has 0 aromatic heterocycles. The molecule has 4 atom stereocenters. The van der Waals surface area contributed by atoms with Crippen molar-refractivity contribution in [2.24, 2.45) is 5.92 Å². The molecule has 1 aliphatic rings. The smallest absolute Gasteiger partial charge is 0.336 e. The Kier molecular flexibility index (Phi) is 6.29. The average Bonchev–Trinajstić information content (AvgIpc) is 3.50. The van der Waals surface area contributed by atoms with Gasteiger partial charge in [-0.1, -0.05) is 61.5 Å². The number of nitrogens with one attached hydrogen (secondary N) is 1. The summed E-state index contributed by atoms with van der Waals surface area (Å²) < 4.78 is 4.88. The van der Waals surface area contributed by atoms with Crippen LogP contribution in [0, 0.1) is 5.92 Å². The van der Waals surface area contributed by atoms with Crippen molar-refractivity contribution in [2.45, 2.75) is 38.0 Å². The van der Waals surface area contributed by atoms with Gasteiger partial charge in [0.15, 0.2) is 12.2 Å². The third-order valence-corrected chi connectivity index (χ3v) is 4.94. The lowest BCUT2D eigenvalue weighted by Gasteiger charge is -2.20. The van der Waals surface area contributed by atoms with E-state index >= 15 is 0 Å². The zero-order valence-electron chi connectivity index (χ0n) is 15.9. The largest absolute Gasteiger partial charge is 0.481 e. The number of carbonyl (C=O) groups excluding carboxylic acids is 1. The Bertz CT molecular complexity index is 880. The molecule has 0 radical (unpaired) electrons. The quantitative estimate of drug-likeness (QED) is 0.559. The molecule has 0 saturated carbocycles. The van der Waals surface area contributed by atoms with Crippen molar-refractivity contribution < 1.29 is 29.3 Å². The molecule has 1 saturated heterocycles. The van der Waals surface area contributed by atoms with Gasteiger partial charge in [-0.3, -0.25) is 9.59 Å². The molecule has 0 aliphatic carbocycles.